The molecule has 0 bridgehead atoms. The van der Waals surface area contributed by atoms with Crippen LogP contribution in [0.1, 0.15) is 39.5 Å². The maximum Gasteiger partial charge on any atom is 0.323 e. The minimum atomic E-state index is -3.48. The van der Waals surface area contributed by atoms with Gasteiger partial charge in [0.15, 0.2) is 0 Å². The predicted molar refractivity (Wildman–Crippen MR) is 77.8 cm³/mol. The first kappa shape index (κ1) is 17.1. The molecule has 1 saturated heterocycles. The number of carboxylic acid groups (broad SMARTS) is 1. The number of hydrogen-bond donors (Lipinski definition) is 2. The highest BCUT2D eigenvalue weighted by atomic mass is 32.2. The number of nitrogens with two attached hydrogens (primary N) is 1. The number of rotatable bonds is 6. The molecule has 0 spiro atoms. The summed E-state index contributed by atoms with van der Waals surface area (Å²) in [6.45, 7) is 7.71. The van der Waals surface area contributed by atoms with Gasteiger partial charge in [0.05, 0.1) is 5.25 Å². The van der Waals surface area contributed by atoms with Gasteiger partial charge in [0, 0.05) is 13.1 Å². The van der Waals surface area contributed by atoms with Crippen LogP contribution in [0.2, 0.25) is 0 Å². The lowest BCUT2D eigenvalue weighted by atomic mass is 9.90. The van der Waals surface area contributed by atoms with E-state index in [1.54, 1.807) is 6.92 Å². The summed E-state index contributed by atoms with van der Waals surface area (Å²) in [6, 6.07) is 0. The van der Waals surface area contributed by atoms with Crippen LogP contribution in [0.25, 0.3) is 0 Å². The molecular formula is C13H24N2O4S. The number of aliphatic carboxylic acids is 1. The lowest BCUT2D eigenvalue weighted by Crippen LogP contribution is -2.57. The van der Waals surface area contributed by atoms with E-state index in [4.69, 9.17) is 10.8 Å². The maximum atomic E-state index is 12.6. The number of hydrogen-bond acceptors (Lipinski definition) is 4. The molecule has 3 N–H and O–H groups in total. The average Bonchev–Trinajstić information content (AvgIpc) is 2.35. The Morgan fingerprint density at radius 3 is 2.30 bits per heavy atom. The SMILES string of the molecule is C=C(C)C(CCC)S(=O)(=O)N1CCC(N)(C(=O)O)CC1. The van der Waals surface area contributed by atoms with Crippen molar-refractivity contribution in [2.24, 2.45) is 5.73 Å². The molecule has 6 nitrogen and oxygen atoms in total. The predicted octanol–water partition coefficient (Wildman–Crippen LogP) is 0.939. The number of carbonyl (C=O) groups is 1. The van der Waals surface area contributed by atoms with Gasteiger partial charge < -0.3 is 10.8 Å². The molecule has 1 aliphatic rings. The zero-order valence-electron chi connectivity index (χ0n) is 12.1. The normalized spacial score (nSPS) is 21.4. The van der Waals surface area contributed by atoms with Gasteiger partial charge in [0.2, 0.25) is 10.0 Å². The summed E-state index contributed by atoms with van der Waals surface area (Å²) in [5.41, 5.74) is 5.07. The van der Waals surface area contributed by atoms with Crippen molar-refractivity contribution in [3.63, 3.8) is 0 Å². The Hall–Kier alpha value is -0.920. The van der Waals surface area contributed by atoms with Crippen LogP contribution in [0.4, 0.5) is 0 Å². The summed E-state index contributed by atoms with van der Waals surface area (Å²) in [5, 5.41) is 8.47. The Balaban J connectivity index is 2.86. The lowest BCUT2D eigenvalue weighted by Gasteiger charge is -2.37. The molecule has 20 heavy (non-hydrogen) atoms. The molecule has 1 heterocycles. The first-order chi connectivity index (χ1) is 9.15. The molecule has 0 amide bonds. The second-order valence-corrected chi connectivity index (χ2v) is 7.64. The molecule has 0 aliphatic carbocycles. The van der Waals surface area contributed by atoms with Gasteiger partial charge in [-0.2, -0.15) is 0 Å². The van der Waals surface area contributed by atoms with Gasteiger partial charge in [-0.15, -0.1) is 0 Å². The van der Waals surface area contributed by atoms with E-state index >= 15 is 0 Å². The fourth-order valence-corrected chi connectivity index (χ4v) is 4.54. The third-order valence-corrected chi connectivity index (χ3v) is 6.30. The first-order valence-corrected chi connectivity index (χ1v) is 8.32. The summed E-state index contributed by atoms with van der Waals surface area (Å²) in [4.78, 5) is 11.1. The molecule has 1 atom stereocenters. The van der Waals surface area contributed by atoms with E-state index in [2.05, 4.69) is 6.58 Å². The Morgan fingerprint density at radius 2 is 1.95 bits per heavy atom. The van der Waals surface area contributed by atoms with Crippen molar-refractivity contribution in [1.82, 2.24) is 4.31 Å². The molecule has 0 saturated carbocycles. The largest absolute Gasteiger partial charge is 0.480 e. The van der Waals surface area contributed by atoms with Crippen molar-refractivity contribution < 1.29 is 18.3 Å². The smallest absolute Gasteiger partial charge is 0.323 e. The van der Waals surface area contributed by atoms with Gasteiger partial charge in [-0.3, -0.25) is 4.79 Å². The monoisotopic (exact) mass is 304 g/mol. The maximum absolute atomic E-state index is 12.6. The van der Waals surface area contributed by atoms with Crippen molar-refractivity contribution in [3.05, 3.63) is 12.2 Å². The van der Waals surface area contributed by atoms with Crippen molar-refractivity contribution in [1.29, 1.82) is 0 Å². The van der Waals surface area contributed by atoms with E-state index in [1.165, 1.54) is 4.31 Å². The van der Waals surface area contributed by atoms with Crippen molar-refractivity contribution in [2.75, 3.05) is 13.1 Å². The fourth-order valence-electron chi connectivity index (χ4n) is 2.45. The molecule has 0 aromatic heterocycles. The van der Waals surface area contributed by atoms with Crippen LogP contribution in [0, 0.1) is 0 Å². The molecule has 1 aliphatic heterocycles. The first-order valence-electron chi connectivity index (χ1n) is 6.82. The standard InChI is InChI=1S/C13H24N2O4S/c1-4-5-11(10(2)3)20(18,19)15-8-6-13(14,7-9-15)12(16)17/h11H,2,4-9,14H2,1,3H3,(H,16,17). The van der Waals surface area contributed by atoms with Crippen molar-refractivity contribution in [3.8, 4) is 0 Å². The van der Waals surface area contributed by atoms with Gasteiger partial charge in [-0.05, 0) is 26.2 Å². The van der Waals surface area contributed by atoms with Gasteiger partial charge in [-0.25, -0.2) is 12.7 Å². The van der Waals surface area contributed by atoms with Crippen LogP contribution in [0.5, 0.6) is 0 Å². The molecule has 1 rings (SSSR count). The summed E-state index contributed by atoms with van der Waals surface area (Å²) < 4.78 is 26.5. The van der Waals surface area contributed by atoms with Crippen LogP contribution >= 0.6 is 0 Å². The molecule has 116 valence electrons. The minimum Gasteiger partial charge on any atom is -0.480 e. The molecule has 0 radical (unpaired) electrons. The average molecular weight is 304 g/mol. The van der Waals surface area contributed by atoms with Crippen molar-refractivity contribution in [2.45, 2.75) is 50.3 Å². The highest BCUT2D eigenvalue weighted by Crippen LogP contribution is 2.27. The van der Waals surface area contributed by atoms with Crippen LogP contribution in [-0.4, -0.2) is 47.7 Å². The zero-order valence-corrected chi connectivity index (χ0v) is 12.9. The van der Waals surface area contributed by atoms with Gasteiger partial charge >= 0.3 is 5.97 Å². The zero-order chi connectivity index (χ0) is 15.6. The highest BCUT2D eigenvalue weighted by Gasteiger charge is 2.42. The van der Waals surface area contributed by atoms with E-state index in [9.17, 15) is 13.2 Å². The van der Waals surface area contributed by atoms with Gasteiger partial charge in [-0.1, -0.05) is 25.5 Å². The van der Waals surface area contributed by atoms with E-state index in [0.29, 0.717) is 12.0 Å². The number of sulfonamides is 1. The Bertz CT molecular complexity index is 479. The minimum absolute atomic E-state index is 0.136. The van der Waals surface area contributed by atoms with E-state index in [1.807, 2.05) is 6.92 Å². The molecule has 0 aromatic carbocycles. The molecular weight excluding hydrogens is 280 g/mol. The summed E-state index contributed by atoms with van der Waals surface area (Å²) in [5.74, 6) is -1.07. The fraction of sp³-hybridized carbons (Fsp3) is 0.769. The van der Waals surface area contributed by atoms with Crippen LogP contribution in [0.3, 0.4) is 0 Å². The second kappa shape index (κ2) is 6.24. The molecule has 1 fully saturated rings. The Labute approximate surface area is 120 Å². The summed E-state index contributed by atoms with van der Waals surface area (Å²) in [7, 11) is -3.48. The number of carboxylic acids is 1. The quantitative estimate of drug-likeness (QED) is 0.711. The summed E-state index contributed by atoms with van der Waals surface area (Å²) >= 11 is 0. The lowest BCUT2D eigenvalue weighted by molar-refractivity contribution is -0.144. The van der Waals surface area contributed by atoms with Crippen LogP contribution < -0.4 is 5.73 Å². The third-order valence-electron chi connectivity index (χ3n) is 3.86. The third kappa shape index (κ3) is 3.39. The van der Waals surface area contributed by atoms with Gasteiger partial charge in [0.25, 0.3) is 0 Å². The topological polar surface area (TPSA) is 101 Å². The van der Waals surface area contributed by atoms with Crippen molar-refractivity contribution >= 4 is 16.0 Å². The highest BCUT2D eigenvalue weighted by molar-refractivity contribution is 7.89. The van der Waals surface area contributed by atoms with E-state index < -0.39 is 26.8 Å². The summed E-state index contributed by atoms with van der Waals surface area (Å²) in [6.07, 6.45) is 1.55. The molecule has 0 aromatic rings. The van der Waals surface area contributed by atoms with Crippen LogP contribution in [-0.2, 0) is 14.8 Å². The second-order valence-electron chi connectivity index (χ2n) is 5.53. The molecule has 1 unspecified atom stereocenters. The van der Waals surface area contributed by atoms with Gasteiger partial charge in [0.1, 0.15) is 5.54 Å². The van der Waals surface area contributed by atoms with Crippen LogP contribution in [0.15, 0.2) is 12.2 Å². The van der Waals surface area contributed by atoms with E-state index in [-0.39, 0.29) is 25.9 Å². The number of nitrogens with zero attached hydrogens (tertiary/aromatic N) is 1. The Kier molecular flexibility index (Phi) is 5.34. The Morgan fingerprint density at radius 1 is 1.45 bits per heavy atom. The van der Waals surface area contributed by atoms with E-state index in [0.717, 1.165) is 6.42 Å². The molecule has 7 heteroatoms. The number of piperidine rings is 1.